The summed E-state index contributed by atoms with van der Waals surface area (Å²) in [5, 5.41) is 1.28. The zero-order valence-corrected chi connectivity index (χ0v) is 9.74. The highest BCUT2D eigenvalue weighted by atomic mass is 19.1. The van der Waals surface area contributed by atoms with Crippen LogP contribution in [0.2, 0.25) is 0 Å². The molecule has 0 aliphatic rings. The lowest BCUT2D eigenvalue weighted by molar-refractivity contribution is -0.108. The molecule has 2 aromatic carbocycles. The van der Waals surface area contributed by atoms with Crippen LogP contribution in [0.1, 0.15) is 18.4 Å². The SMILES string of the molecule is COc1ccc2c(F)c(C(C)C=O)ccc2c1. The summed E-state index contributed by atoms with van der Waals surface area (Å²) in [6.07, 6.45) is 0.744. The minimum atomic E-state index is -0.429. The van der Waals surface area contributed by atoms with Crippen molar-refractivity contribution in [1.29, 1.82) is 0 Å². The van der Waals surface area contributed by atoms with Gasteiger partial charge in [-0.15, -0.1) is 0 Å². The Morgan fingerprint density at radius 2 is 2.06 bits per heavy atom. The Balaban J connectivity index is 2.64. The Morgan fingerprint density at radius 1 is 1.29 bits per heavy atom. The molecule has 0 fully saturated rings. The molecule has 0 N–H and O–H groups in total. The third kappa shape index (κ3) is 2.00. The maximum atomic E-state index is 14.1. The van der Waals surface area contributed by atoms with Crippen LogP contribution in [0.5, 0.6) is 5.75 Å². The number of methoxy groups -OCH3 is 1. The minimum absolute atomic E-state index is 0.329. The first-order valence-electron chi connectivity index (χ1n) is 5.39. The smallest absolute Gasteiger partial charge is 0.134 e. The summed E-state index contributed by atoms with van der Waals surface area (Å²) < 4.78 is 19.2. The second kappa shape index (κ2) is 4.53. The molecule has 0 aromatic heterocycles. The predicted molar refractivity (Wildman–Crippen MR) is 64.9 cm³/mol. The number of halogens is 1. The van der Waals surface area contributed by atoms with Crippen LogP contribution in [0.4, 0.5) is 4.39 Å². The van der Waals surface area contributed by atoms with Crippen molar-refractivity contribution in [1.82, 2.24) is 0 Å². The molecule has 17 heavy (non-hydrogen) atoms. The van der Waals surface area contributed by atoms with E-state index in [1.54, 1.807) is 44.4 Å². The van der Waals surface area contributed by atoms with Crippen LogP contribution in [-0.2, 0) is 4.79 Å². The average Bonchev–Trinajstić information content (AvgIpc) is 2.38. The molecule has 2 nitrogen and oxygen atoms in total. The van der Waals surface area contributed by atoms with E-state index in [9.17, 15) is 9.18 Å². The van der Waals surface area contributed by atoms with Gasteiger partial charge in [0.05, 0.1) is 7.11 Å². The molecular weight excluding hydrogens is 219 g/mol. The zero-order chi connectivity index (χ0) is 12.4. The molecule has 0 radical (unpaired) electrons. The van der Waals surface area contributed by atoms with Gasteiger partial charge in [-0.1, -0.05) is 19.1 Å². The van der Waals surface area contributed by atoms with Crippen molar-refractivity contribution in [3.63, 3.8) is 0 Å². The lowest BCUT2D eigenvalue weighted by atomic mass is 9.98. The summed E-state index contributed by atoms with van der Waals surface area (Å²) in [5.74, 6) is -0.0701. The standard InChI is InChI=1S/C14H13FO2/c1-9(8-16)12-5-3-10-7-11(17-2)4-6-13(10)14(12)15/h3-9H,1-2H3. The molecule has 1 unspecified atom stereocenters. The van der Waals surface area contributed by atoms with Crippen LogP contribution < -0.4 is 4.74 Å². The predicted octanol–water partition coefficient (Wildman–Crippen LogP) is 3.29. The van der Waals surface area contributed by atoms with Crippen molar-refractivity contribution < 1.29 is 13.9 Å². The van der Waals surface area contributed by atoms with Crippen LogP contribution in [0.15, 0.2) is 30.3 Å². The van der Waals surface area contributed by atoms with E-state index in [1.807, 2.05) is 0 Å². The van der Waals surface area contributed by atoms with Gasteiger partial charge in [0, 0.05) is 11.3 Å². The summed E-state index contributed by atoms with van der Waals surface area (Å²) in [5.41, 5.74) is 0.428. The summed E-state index contributed by atoms with van der Waals surface area (Å²) in [6, 6.07) is 8.60. The summed E-state index contributed by atoms with van der Waals surface area (Å²) in [6.45, 7) is 1.68. The molecule has 0 spiro atoms. The van der Waals surface area contributed by atoms with Crippen LogP contribution >= 0.6 is 0 Å². The fraction of sp³-hybridized carbons (Fsp3) is 0.214. The fourth-order valence-electron chi connectivity index (χ4n) is 1.84. The molecule has 3 heteroatoms. The van der Waals surface area contributed by atoms with E-state index in [1.165, 1.54) is 0 Å². The molecule has 2 rings (SSSR count). The number of rotatable bonds is 3. The average molecular weight is 232 g/mol. The summed E-state index contributed by atoms with van der Waals surface area (Å²) in [7, 11) is 1.57. The van der Waals surface area contributed by atoms with Gasteiger partial charge in [-0.2, -0.15) is 0 Å². The molecule has 2 aromatic rings. The Labute approximate surface area is 99.0 Å². The minimum Gasteiger partial charge on any atom is -0.497 e. The number of hydrogen-bond acceptors (Lipinski definition) is 2. The van der Waals surface area contributed by atoms with E-state index in [4.69, 9.17) is 4.74 Å². The normalized spacial score (nSPS) is 12.4. The monoisotopic (exact) mass is 232 g/mol. The van der Waals surface area contributed by atoms with E-state index >= 15 is 0 Å². The fourth-order valence-corrected chi connectivity index (χ4v) is 1.84. The molecule has 0 aliphatic heterocycles. The Bertz CT molecular complexity index is 563. The molecule has 0 heterocycles. The van der Waals surface area contributed by atoms with Crippen molar-refractivity contribution in [2.45, 2.75) is 12.8 Å². The van der Waals surface area contributed by atoms with Crippen molar-refractivity contribution in [3.8, 4) is 5.75 Å². The van der Waals surface area contributed by atoms with Gasteiger partial charge in [-0.05, 0) is 29.1 Å². The van der Waals surface area contributed by atoms with Crippen LogP contribution in [0.3, 0.4) is 0 Å². The molecule has 1 atom stereocenters. The van der Waals surface area contributed by atoms with Gasteiger partial charge in [0.2, 0.25) is 0 Å². The third-order valence-electron chi connectivity index (χ3n) is 2.89. The number of carbonyl (C=O) groups is 1. The van der Waals surface area contributed by atoms with Gasteiger partial charge in [0.1, 0.15) is 17.9 Å². The molecule has 0 aliphatic carbocycles. The number of aldehydes is 1. The molecule has 0 saturated heterocycles. The van der Waals surface area contributed by atoms with Gasteiger partial charge in [0.15, 0.2) is 0 Å². The molecule has 0 amide bonds. The van der Waals surface area contributed by atoms with Crippen LogP contribution in [0.25, 0.3) is 10.8 Å². The van der Waals surface area contributed by atoms with Crippen molar-refractivity contribution in [2.24, 2.45) is 0 Å². The first kappa shape index (κ1) is 11.6. The third-order valence-corrected chi connectivity index (χ3v) is 2.89. The molecule has 88 valence electrons. The van der Waals surface area contributed by atoms with E-state index in [-0.39, 0.29) is 5.82 Å². The maximum Gasteiger partial charge on any atom is 0.134 e. The quantitative estimate of drug-likeness (QED) is 0.759. The van der Waals surface area contributed by atoms with E-state index in [2.05, 4.69) is 0 Å². The number of benzene rings is 2. The van der Waals surface area contributed by atoms with Gasteiger partial charge in [0.25, 0.3) is 0 Å². The van der Waals surface area contributed by atoms with E-state index in [0.717, 1.165) is 11.7 Å². The zero-order valence-electron chi connectivity index (χ0n) is 9.74. The number of ether oxygens (including phenoxy) is 1. The number of fused-ring (bicyclic) bond motifs is 1. The number of hydrogen-bond donors (Lipinski definition) is 0. The maximum absolute atomic E-state index is 14.1. The van der Waals surface area contributed by atoms with Gasteiger partial charge in [-0.3, -0.25) is 0 Å². The van der Waals surface area contributed by atoms with Crippen molar-refractivity contribution >= 4 is 17.1 Å². The topological polar surface area (TPSA) is 26.3 Å². The molecule has 0 saturated carbocycles. The highest BCUT2D eigenvalue weighted by molar-refractivity contribution is 5.86. The highest BCUT2D eigenvalue weighted by Crippen LogP contribution is 2.28. The van der Waals surface area contributed by atoms with Crippen molar-refractivity contribution in [3.05, 3.63) is 41.7 Å². The number of carbonyl (C=O) groups excluding carboxylic acids is 1. The van der Waals surface area contributed by atoms with Gasteiger partial charge in [-0.25, -0.2) is 4.39 Å². The summed E-state index contributed by atoms with van der Waals surface area (Å²) in [4.78, 5) is 10.7. The second-order valence-electron chi connectivity index (χ2n) is 3.98. The second-order valence-corrected chi connectivity index (χ2v) is 3.98. The lowest BCUT2D eigenvalue weighted by Crippen LogP contribution is -1.99. The van der Waals surface area contributed by atoms with Crippen LogP contribution in [0, 0.1) is 5.82 Å². The van der Waals surface area contributed by atoms with E-state index < -0.39 is 5.92 Å². The first-order chi connectivity index (χ1) is 8.17. The van der Waals surface area contributed by atoms with Gasteiger partial charge >= 0.3 is 0 Å². The largest absolute Gasteiger partial charge is 0.497 e. The van der Waals surface area contributed by atoms with Crippen molar-refractivity contribution in [2.75, 3.05) is 7.11 Å². The lowest BCUT2D eigenvalue weighted by Gasteiger charge is -2.09. The Morgan fingerprint density at radius 3 is 2.71 bits per heavy atom. The Kier molecular flexibility index (Phi) is 3.09. The highest BCUT2D eigenvalue weighted by Gasteiger charge is 2.13. The van der Waals surface area contributed by atoms with E-state index in [0.29, 0.717) is 16.7 Å². The first-order valence-corrected chi connectivity index (χ1v) is 5.39. The summed E-state index contributed by atoms with van der Waals surface area (Å²) >= 11 is 0. The van der Waals surface area contributed by atoms with Gasteiger partial charge < -0.3 is 9.53 Å². The molecule has 0 bridgehead atoms. The Hall–Kier alpha value is -1.90. The van der Waals surface area contributed by atoms with Crippen LogP contribution in [-0.4, -0.2) is 13.4 Å². The molecular formula is C14H13FO2.